The Morgan fingerprint density at radius 3 is 1.29 bits per heavy atom. The van der Waals surface area contributed by atoms with Crippen molar-refractivity contribution < 1.29 is 18.0 Å². The lowest BCUT2D eigenvalue weighted by atomic mass is 9.86. The molecule has 0 heterocycles. The first-order valence-electron chi connectivity index (χ1n) is 16.0. The Balaban J connectivity index is 0.000000188. The fraction of sp³-hybridized carbons (Fsp3) is 0.116. The van der Waals surface area contributed by atoms with Gasteiger partial charge in [-0.05, 0) is 41.7 Å². The largest absolute Gasteiger partial charge is 0.294 e. The number of rotatable bonds is 12. The Morgan fingerprint density at radius 2 is 0.833 bits per heavy atom. The third kappa shape index (κ3) is 9.34. The van der Waals surface area contributed by atoms with Gasteiger partial charge in [-0.25, -0.2) is 8.42 Å². The molecule has 0 fully saturated rings. The topological polar surface area (TPSA) is 68.3 Å². The maximum atomic E-state index is 13.1. The van der Waals surface area contributed by atoms with Crippen LogP contribution in [0, 0.1) is 5.92 Å². The van der Waals surface area contributed by atoms with E-state index in [2.05, 4.69) is 24.3 Å². The highest BCUT2D eigenvalue weighted by Crippen LogP contribution is 2.33. The van der Waals surface area contributed by atoms with E-state index in [9.17, 15) is 18.0 Å². The second-order valence-electron chi connectivity index (χ2n) is 11.6. The zero-order chi connectivity index (χ0) is 33.6. The molecule has 0 N–H and O–H groups in total. The van der Waals surface area contributed by atoms with Crippen molar-refractivity contribution in [2.75, 3.05) is 0 Å². The lowest BCUT2D eigenvalue weighted by Gasteiger charge is -2.18. The van der Waals surface area contributed by atoms with E-state index in [1.807, 2.05) is 78.9 Å². The fourth-order valence-corrected chi connectivity index (χ4v) is 7.40. The maximum absolute atomic E-state index is 13.1. The molecule has 5 heteroatoms. The summed E-state index contributed by atoms with van der Waals surface area (Å²) in [6.07, 6.45) is 1.44. The van der Waals surface area contributed by atoms with Crippen LogP contribution in [-0.4, -0.2) is 20.0 Å². The molecule has 0 aliphatic carbocycles. The smallest absolute Gasteiger partial charge is 0.185 e. The van der Waals surface area contributed by atoms with Crippen molar-refractivity contribution in [3.8, 4) is 0 Å². The molecule has 0 spiro atoms. The third-order valence-electron chi connectivity index (χ3n) is 8.16. The molecule has 6 aromatic rings. The molecule has 0 radical (unpaired) electrons. The summed E-state index contributed by atoms with van der Waals surface area (Å²) < 4.78 is 26.3. The molecule has 6 aromatic carbocycles. The van der Waals surface area contributed by atoms with Gasteiger partial charge in [-0.15, -0.1) is 0 Å². The van der Waals surface area contributed by atoms with E-state index < -0.39 is 15.1 Å². The number of sulfone groups is 1. The van der Waals surface area contributed by atoms with Gasteiger partial charge in [0, 0.05) is 23.5 Å². The van der Waals surface area contributed by atoms with Crippen molar-refractivity contribution >= 4 is 21.4 Å². The van der Waals surface area contributed by atoms with Gasteiger partial charge in [0.15, 0.2) is 21.4 Å². The second-order valence-corrected chi connectivity index (χ2v) is 13.7. The lowest BCUT2D eigenvalue weighted by Crippen LogP contribution is -2.20. The van der Waals surface area contributed by atoms with E-state index in [0.29, 0.717) is 11.1 Å². The molecule has 0 aliphatic rings. The summed E-state index contributed by atoms with van der Waals surface area (Å²) in [6, 6.07) is 56.1. The van der Waals surface area contributed by atoms with Crippen LogP contribution in [0.15, 0.2) is 187 Å². The predicted octanol–water partition coefficient (Wildman–Crippen LogP) is 9.45. The zero-order valence-corrected chi connectivity index (χ0v) is 27.5. The van der Waals surface area contributed by atoms with E-state index in [4.69, 9.17) is 0 Å². The Bertz CT molecular complexity index is 1920. The number of Topliss-reactive ketones (excluding diaryl/α,β-unsaturated/α-hetero) is 2. The summed E-state index contributed by atoms with van der Waals surface area (Å²) in [6.45, 7) is 0. The summed E-state index contributed by atoms with van der Waals surface area (Å²) in [5.41, 5.74) is 4.35. The molecule has 0 saturated carbocycles. The third-order valence-corrected chi connectivity index (χ3v) is 10.3. The molecule has 0 saturated heterocycles. The molecule has 0 amide bonds. The van der Waals surface area contributed by atoms with Crippen molar-refractivity contribution in [2.24, 2.45) is 5.92 Å². The summed E-state index contributed by atoms with van der Waals surface area (Å²) in [5.74, 6) is -0.00512. The normalized spacial score (nSPS) is 11.6. The van der Waals surface area contributed by atoms with Crippen LogP contribution in [0.4, 0.5) is 0 Å². The van der Waals surface area contributed by atoms with Crippen LogP contribution >= 0.6 is 0 Å². The lowest BCUT2D eigenvalue weighted by molar-refractivity contribution is 0.0917. The highest BCUT2D eigenvalue weighted by atomic mass is 32.2. The van der Waals surface area contributed by atoms with Gasteiger partial charge >= 0.3 is 0 Å². The Labute approximate surface area is 283 Å². The maximum Gasteiger partial charge on any atom is 0.185 e. The number of hydrogen-bond donors (Lipinski definition) is 0. The first-order valence-corrected chi connectivity index (χ1v) is 17.6. The Kier molecular flexibility index (Phi) is 12.0. The predicted molar refractivity (Wildman–Crippen MR) is 193 cm³/mol. The van der Waals surface area contributed by atoms with Crippen LogP contribution in [0.5, 0.6) is 0 Å². The molecule has 1 atom stereocenters. The van der Waals surface area contributed by atoms with Crippen LogP contribution in [-0.2, 0) is 22.7 Å². The molecule has 1 unspecified atom stereocenters. The van der Waals surface area contributed by atoms with E-state index in [1.165, 1.54) is 11.1 Å². The zero-order valence-electron chi connectivity index (χ0n) is 26.6. The molecule has 48 heavy (non-hydrogen) atoms. The van der Waals surface area contributed by atoms with Crippen LogP contribution < -0.4 is 0 Å². The number of benzene rings is 6. The molecular weight excluding hydrogens is 613 g/mol. The van der Waals surface area contributed by atoms with E-state index in [-0.39, 0.29) is 28.8 Å². The van der Waals surface area contributed by atoms with E-state index in [0.717, 1.165) is 18.4 Å². The minimum absolute atomic E-state index is 0.0396. The molecule has 6 rings (SSSR count). The standard InChI is InChI=1S/C22H20O.C21H18O3S/c23-22(20-14-8-3-9-15-20)21(16-18-10-4-1-5-11-18)17-19-12-6-2-7-13-19;22-20(17-10-4-1-5-11-17)16-21(18-12-6-2-7-13-18)25(23,24)19-14-8-3-9-15-19/h1-15,21H,16-17H2;1-15,21H,16H2. The van der Waals surface area contributed by atoms with Gasteiger partial charge in [0.1, 0.15) is 0 Å². The summed E-state index contributed by atoms with van der Waals surface area (Å²) >= 11 is 0. The molecule has 4 nitrogen and oxygen atoms in total. The van der Waals surface area contributed by atoms with Crippen molar-refractivity contribution in [1.82, 2.24) is 0 Å². The molecule has 240 valence electrons. The Morgan fingerprint density at radius 1 is 0.458 bits per heavy atom. The van der Waals surface area contributed by atoms with Gasteiger partial charge < -0.3 is 0 Å². The Hall–Kier alpha value is -5.39. The highest BCUT2D eigenvalue weighted by Gasteiger charge is 2.31. The average Bonchev–Trinajstić information content (AvgIpc) is 3.15. The van der Waals surface area contributed by atoms with Crippen molar-refractivity contribution in [1.29, 1.82) is 0 Å². The summed E-state index contributed by atoms with van der Waals surface area (Å²) in [5, 5.41) is -0.913. The minimum atomic E-state index is -3.68. The number of hydrogen-bond acceptors (Lipinski definition) is 4. The van der Waals surface area contributed by atoms with Gasteiger partial charge in [0.05, 0.1) is 10.1 Å². The number of carbonyl (C=O) groups is 2. The van der Waals surface area contributed by atoms with Gasteiger partial charge in [0.25, 0.3) is 0 Å². The molecular formula is C43H38O4S. The van der Waals surface area contributed by atoms with Crippen LogP contribution in [0.3, 0.4) is 0 Å². The minimum Gasteiger partial charge on any atom is -0.294 e. The number of ketones is 2. The van der Waals surface area contributed by atoms with E-state index >= 15 is 0 Å². The van der Waals surface area contributed by atoms with E-state index in [1.54, 1.807) is 78.9 Å². The quantitative estimate of drug-likeness (QED) is 0.124. The molecule has 0 aromatic heterocycles. The van der Waals surface area contributed by atoms with Crippen LogP contribution in [0.2, 0.25) is 0 Å². The van der Waals surface area contributed by atoms with Gasteiger partial charge in [0.2, 0.25) is 0 Å². The first-order chi connectivity index (χ1) is 23.4. The fourth-order valence-electron chi connectivity index (χ4n) is 5.65. The van der Waals surface area contributed by atoms with Crippen LogP contribution in [0.1, 0.15) is 49.1 Å². The average molecular weight is 651 g/mol. The van der Waals surface area contributed by atoms with Crippen molar-refractivity contribution in [2.45, 2.75) is 29.4 Å². The van der Waals surface area contributed by atoms with Gasteiger partial charge in [-0.2, -0.15) is 0 Å². The van der Waals surface area contributed by atoms with Crippen molar-refractivity contribution in [3.63, 3.8) is 0 Å². The summed E-state index contributed by atoms with van der Waals surface area (Å²) in [4.78, 5) is 25.8. The summed E-state index contributed by atoms with van der Waals surface area (Å²) in [7, 11) is -3.68. The second kappa shape index (κ2) is 17.0. The van der Waals surface area contributed by atoms with Gasteiger partial charge in [-0.3, -0.25) is 9.59 Å². The monoisotopic (exact) mass is 650 g/mol. The van der Waals surface area contributed by atoms with Crippen LogP contribution in [0.25, 0.3) is 0 Å². The molecule has 0 aliphatic heterocycles. The molecule has 0 bridgehead atoms. The van der Waals surface area contributed by atoms with Gasteiger partial charge in [-0.1, -0.05) is 170 Å². The number of carbonyl (C=O) groups excluding carboxylic acids is 2. The van der Waals surface area contributed by atoms with Crippen molar-refractivity contribution in [3.05, 3.63) is 210 Å². The highest BCUT2D eigenvalue weighted by molar-refractivity contribution is 7.91. The first kappa shape index (κ1) is 34.0. The SMILES string of the molecule is O=C(CC(c1ccccc1)S(=O)(=O)c1ccccc1)c1ccccc1.O=C(c1ccccc1)C(Cc1ccccc1)Cc1ccccc1.